The molecule has 0 saturated heterocycles. The van der Waals surface area contributed by atoms with Gasteiger partial charge in [0.25, 0.3) is 0 Å². The lowest BCUT2D eigenvalue weighted by atomic mass is 9.77. The smallest absolute Gasteiger partial charge is 0.0386 e. The highest BCUT2D eigenvalue weighted by atomic mass is 14.3. The molecule has 1 rings (SSSR count). The van der Waals surface area contributed by atoms with Crippen molar-refractivity contribution in [2.45, 2.75) is 105 Å². The van der Waals surface area contributed by atoms with Crippen molar-refractivity contribution < 1.29 is 0 Å². The molecule has 1 fully saturated rings. The van der Waals surface area contributed by atoms with Crippen LogP contribution < -0.4 is 0 Å². The molecule has 0 spiro atoms. The van der Waals surface area contributed by atoms with Crippen molar-refractivity contribution in [3.05, 3.63) is 0 Å². The highest BCUT2D eigenvalue weighted by Crippen LogP contribution is 2.34. The first-order chi connectivity index (χ1) is 9.99. The number of hydrogen-bond acceptors (Lipinski definition) is 0. The molecule has 1 saturated carbocycles. The fraction of sp³-hybridized carbons (Fsp3) is 1.00. The highest BCUT2D eigenvalue weighted by Gasteiger charge is 2.22. The normalized spacial score (nSPS) is 21.9. The maximum atomic E-state index is 2.48. The average Bonchev–Trinajstić information content (AvgIpc) is 2.50. The SMILES string of the molecule is CC(C)CC(C)CC(CC1CCCCCCCC1)C(C)C. The lowest BCUT2D eigenvalue weighted by molar-refractivity contribution is 0.220. The number of rotatable bonds is 7. The zero-order valence-corrected chi connectivity index (χ0v) is 15.7. The van der Waals surface area contributed by atoms with Gasteiger partial charge in [-0.15, -0.1) is 0 Å². The van der Waals surface area contributed by atoms with E-state index in [0.717, 1.165) is 29.6 Å². The van der Waals surface area contributed by atoms with Crippen molar-refractivity contribution in [3.63, 3.8) is 0 Å². The Balaban J connectivity index is 2.46. The third kappa shape index (κ3) is 8.89. The number of hydrogen-bond donors (Lipinski definition) is 0. The van der Waals surface area contributed by atoms with E-state index in [1.165, 1.54) is 70.6 Å². The molecule has 0 amide bonds. The zero-order valence-electron chi connectivity index (χ0n) is 15.7. The summed E-state index contributed by atoms with van der Waals surface area (Å²) in [5.41, 5.74) is 0. The van der Waals surface area contributed by atoms with Gasteiger partial charge in [-0.1, -0.05) is 86.0 Å². The molecule has 2 atom stereocenters. The molecular formula is C21H42. The Morgan fingerprint density at radius 1 is 0.714 bits per heavy atom. The quantitative estimate of drug-likeness (QED) is 0.456. The third-order valence-corrected chi connectivity index (χ3v) is 5.63. The monoisotopic (exact) mass is 294 g/mol. The fourth-order valence-electron chi connectivity index (χ4n) is 4.44. The van der Waals surface area contributed by atoms with E-state index >= 15 is 0 Å². The lowest BCUT2D eigenvalue weighted by Crippen LogP contribution is -2.18. The van der Waals surface area contributed by atoms with E-state index in [0.29, 0.717) is 0 Å². The molecule has 1 aliphatic carbocycles. The maximum absolute atomic E-state index is 2.48. The molecular weight excluding hydrogens is 252 g/mol. The first-order valence-electron chi connectivity index (χ1n) is 9.99. The van der Waals surface area contributed by atoms with Crippen molar-refractivity contribution in [3.8, 4) is 0 Å². The van der Waals surface area contributed by atoms with E-state index in [9.17, 15) is 0 Å². The summed E-state index contributed by atoms with van der Waals surface area (Å²) < 4.78 is 0. The van der Waals surface area contributed by atoms with Crippen LogP contribution in [0.1, 0.15) is 105 Å². The Bertz CT molecular complexity index is 230. The Hall–Kier alpha value is 0. The summed E-state index contributed by atoms with van der Waals surface area (Å²) in [5, 5.41) is 0. The molecule has 0 nitrogen and oxygen atoms in total. The van der Waals surface area contributed by atoms with Gasteiger partial charge in [0.15, 0.2) is 0 Å². The van der Waals surface area contributed by atoms with E-state index in [4.69, 9.17) is 0 Å². The van der Waals surface area contributed by atoms with Crippen molar-refractivity contribution in [1.82, 2.24) is 0 Å². The molecule has 0 bridgehead atoms. The van der Waals surface area contributed by atoms with Crippen LogP contribution in [0.4, 0.5) is 0 Å². The van der Waals surface area contributed by atoms with Crippen molar-refractivity contribution in [2.24, 2.45) is 29.6 Å². The molecule has 0 aromatic carbocycles. The largest absolute Gasteiger partial charge is 0.0628 e. The molecule has 0 radical (unpaired) electrons. The van der Waals surface area contributed by atoms with Crippen molar-refractivity contribution in [1.29, 1.82) is 0 Å². The predicted molar refractivity (Wildman–Crippen MR) is 96.6 cm³/mol. The Morgan fingerprint density at radius 2 is 1.24 bits per heavy atom. The molecule has 0 heterocycles. The topological polar surface area (TPSA) is 0 Å². The molecule has 2 unspecified atom stereocenters. The summed E-state index contributed by atoms with van der Waals surface area (Å²) in [4.78, 5) is 0. The van der Waals surface area contributed by atoms with E-state index in [1.807, 2.05) is 0 Å². The van der Waals surface area contributed by atoms with E-state index < -0.39 is 0 Å². The minimum absolute atomic E-state index is 0.859. The van der Waals surface area contributed by atoms with Crippen LogP contribution in [0, 0.1) is 29.6 Å². The Morgan fingerprint density at radius 3 is 1.71 bits per heavy atom. The molecule has 0 aromatic rings. The first kappa shape index (κ1) is 19.0. The second kappa shape index (κ2) is 10.7. The molecule has 0 aliphatic heterocycles. The van der Waals surface area contributed by atoms with E-state index in [-0.39, 0.29) is 0 Å². The lowest BCUT2D eigenvalue weighted by Gasteiger charge is -2.29. The molecule has 1 aliphatic rings. The second-order valence-electron chi connectivity index (χ2n) is 8.77. The van der Waals surface area contributed by atoms with Gasteiger partial charge in [-0.3, -0.25) is 0 Å². The highest BCUT2D eigenvalue weighted by molar-refractivity contribution is 4.73. The zero-order chi connectivity index (χ0) is 15.7. The minimum Gasteiger partial charge on any atom is -0.0628 e. The van der Waals surface area contributed by atoms with Gasteiger partial charge >= 0.3 is 0 Å². The maximum Gasteiger partial charge on any atom is -0.0386 e. The third-order valence-electron chi connectivity index (χ3n) is 5.63. The summed E-state index contributed by atoms with van der Waals surface area (Å²) >= 11 is 0. The average molecular weight is 295 g/mol. The van der Waals surface area contributed by atoms with Crippen LogP contribution >= 0.6 is 0 Å². The van der Waals surface area contributed by atoms with Gasteiger partial charge in [0.2, 0.25) is 0 Å². The summed E-state index contributed by atoms with van der Waals surface area (Å²) in [7, 11) is 0. The van der Waals surface area contributed by atoms with E-state index in [1.54, 1.807) is 0 Å². The van der Waals surface area contributed by atoms with Gasteiger partial charge in [0, 0.05) is 0 Å². The van der Waals surface area contributed by atoms with Gasteiger partial charge in [0.05, 0.1) is 0 Å². The summed E-state index contributed by atoms with van der Waals surface area (Å²) in [6.45, 7) is 12.2. The summed E-state index contributed by atoms with van der Waals surface area (Å²) in [5.74, 6) is 4.63. The van der Waals surface area contributed by atoms with Crippen LogP contribution in [0.2, 0.25) is 0 Å². The van der Waals surface area contributed by atoms with Gasteiger partial charge in [-0.2, -0.15) is 0 Å². The van der Waals surface area contributed by atoms with Crippen LogP contribution in [0.5, 0.6) is 0 Å². The Kier molecular flexibility index (Phi) is 9.69. The van der Waals surface area contributed by atoms with Gasteiger partial charge in [-0.05, 0) is 48.9 Å². The van der Waals surface area contributed by atoms with E-state index in [2.05, 4.69) is 34.6 Å². The minimum atomic E-state index is 0.859. The second-order valence-corrected chi connectivity index (χ2v) is 8.77. The summed E-state index contributed by atoms with van der Waals surface area (Å²) in [6.07, 6.45) is 16.4. The molecule has 0 N–H and O–H groups in total. The van der Waals surface area contributed by atoms with Gasteiger partial charge in [0.1, 0.15) is 0 Å². The standard InChI is InChI=1S/C21H42/c1-17(2)14-19(5)15-21(18(3)4)16-20-12-10-8-6-7-9-11-13-20/h17-21H,6-16H2,1-5H3. The molecule has 0 aromatic heterocycles. The van der Waals surface area contributed by atoms with Crippen LogP contribution in [0.25, 0.3) is 0 Å². The van der Waals surface area contributed by atoms with Crippen LogP contribution in [0.3, 0.4) is 0 Å². The van der Waals surface area contributed by atoms with Crippen LogP contribution in [0.15, 0.2) is 0 Å². The van der Waals surface area contributed by atoms with Gasteiger partial charge in [-0.25, -0.2) is 0 Å². The molecule has 126 valence electrons. The molecule has 21 heavy (non-hydrogen) atoms. The van der Waals surface area contributed by atoms with Crippen molar-refractivity contribution in [2.75, 3.05) is 0 Å². The molecule has 0 heteroatoms. The fourth-order valence-corrected chi connectivity index (χ4v) is 4.44. The summed E-state index contributed by atoms with van der Waals surface area (Å²) in [6, 6.07) is 0. The van der Waals surface area contributed by atoms with Crippen LogP contribution in [-0.2, 0) is 0 Å². The first-order valence-corrected chi connectivity index (χ1v) is 9.99. The van der Waals surface area contributed by atoms with Crippen LogP contribution in [-0.4, -0.2) is 0 Å². The predicted octanol–water partition coefficient (Wildman–Crippen LogP) is 7.47. The van der Waals surface area contributed by atoms with Crippen molar-refractivity contribution >= 4 is 0 Å². The Labute approximate surface area is 135 Å². The van der Waals surface area contributed by atoms with Gasteiger partial charge < -0.3 is 0 Å².